The van der Waals surface area contributed by atoms with Crippen molar-refractivity contribution in [2.45, 2.75) is 20.3 Å². The van der Waals surface area contributed by atoms with E-state index in [2.05, 4.69) is 12.0 Å². The van der Waals surface area contributed by atoms with Gasteiger partial charge in [0.05, 0.1) is 40.6 Å². The molecule has 0 saturated heterocycles. The van der Waals surface area contributed by atoms with Crippen molar-refractivity contribution in [1.82, 2.24) is 0 Å². The minimum absolute atomic E-state index is 0.130. The molecule has 0 radical (unpaired) electrons. The lowest BCUT2D eigenvalue weighted by molar-refractivity contribution is -0.384. The van der Waals surface area contributed by atoms with Gasteiger partial charge in [-0.15, -0.1) is 0 Å². The van der Waals surface area contributed by atoms with E-state index >= 15 is 0 Å². The smallest absolute Gasteiger partial charge is 0.284 e. The van der Waals surface area contributed by atoms with Crippen LogP contribution in [0.1, 0.15) is 25.2 Å². The molecule has 8 nitrogen and oxygen atoms in total. The summed E-state index contributed by atoms with van der Waals surface area (Å²) in [7, 11) is 1.44. The van der Waals surface area contributed by atoms with Crippen LogP contribution in [0.3, 0.4) is 0 Å². The predicted molar refractivity (Wildman–Crippen MR) is 122 cm³/mol. The molecule has 0 fully saturated rings. The van der Waals surface area contributed by atoms with Crippen LogP contribution < -0.4 is 9.75 Å². The predicted octanol–water partition coefficient (Wildman–Crippen LogP) is 5.23. The highest BCUT2D eigenvalue weighted by atomic mass is 16.6. The Morgan fingerprint density at radius 2 is 1.91 bits per heavy atom. The number of amides is 1. The number of methoxy groups -OCH3 is 1. The molecule has 0 aliphatic carbocycles. The number of ether oxygens (including phenoxy) is 1. The van der Waals surface area contributed by atoms with Crippen LogP contribution in [0.4, 0.5) is 11.4 Å². The van der Waals surface area contributed by atoms with Crippen LogP contribution in [0.15, 0.2) is 69.7 Å². The second-order valence-corrected chi connectivity index (χ2v) is 7.22. The van der Waals surface area contributed by atoms with Crippen molar-refractivity contribution in [2.24, 2.45) is 5.10 Å². The van der Waals surface area contributed by atoms with Crippen LogP contribution in [-0.2, 0) is 11.2 Å². The molecule has 0 N–H and O–H groups in total. The number of furan rings is 1. The number of nitro benzene ring substituents is 1. The number of carbonyl (C=O) groups is 1. The summed E-state index contributed by atoms with van der Waals surface area (Å²) in [5, 5.41) is 17.2. The Balaban J connectivity index is 1.63. The molecule has 32 heavy (non-hydrogen) atoms. The largest absolute Gasteiger partial charge is 0.497 e. The van der Waals surface area contributed by atoms with Gasteiger partial charge in [0.25, 0.3) is 11.6 Å². The van der Waals surface area contributed by atoms with Crippen molar-refractivity contribution in [2.75, 3.05) is 12.1 Å². The maximum Gasteiger partial charge on any atom is 0.284 e. The Bertz CT molecular complexity index is 1250. The van der Waals surface area contributed by atoms with Gasteiger partial charge in [0.15, 0.2) is 0 Å². The average Bonchev–Trinajstić information content (AvgIpc) is 3.39. The molecule has 2 aromatic carbocycles. The van der Waals surface area contributed by atoms with E-state index in [1.807, 2.05) is 24.3 Å². The molecule has 1 amide bonds. The van der Waals surface area contributed by atoms with Gasteiger partial charge in [-0.1, -0.05) is 19.1 Å². The summed E-state index contributed by atoms with van der Waals surface area (Å²) in [6, 6.07) is 15.5. The summed E-state index contributed by atoms with van der Waals surface area (Å²) in [5.74, 6) is 0.828. The van der Waals surface area contributed by atoms with E-state index < -0.39 is 4.92 Å². The molecular weight excluding hydrogens is 410 g/mol. The first-order chi connectivity index (χ1) is 15.4. The highest BCUT2D eigenvalue weighted by molar-refractivity contribution is 6.32. The summed E-state index contributed by atoms with van der Waals surface area (Å²) in [6.45, 7) is 3.82. The summed E-state index contributed by atoms with van der Waals surface area (Å²) in [4.78, 5) is 24.0. The molecule has 3 aromatic rings. The first-order valence-corrected chi connectivity index (χ1v) is 10.0. The fraction of sp³-hybridized carbons (Fsp3) is 0.167. The third-order valence-electron chi connectivity index (χ3n) is 5.23. The summed E-state index contributed by atoms with van der Waals surface area (Å²) >= 11 is 0. The first kappa shape index (κ1) is 21.0. The zero-order valence-electron chi connectivity index (χ0n) is 17.9. The number of nitrogens with zero attached hydrogens (tertiary/aromatic N) is 3. The number of benzene rings is 2. The van der Waals surface area contributed by atoms with Crippen LogP contribution >= 0.6 is 0 Å². The molecule has 0 unspecified atom stereocenters. The molecule has 4 rings (SSSR count). The van der Waals surface area contributed by atoms with Gasteiger partial charge < -0.3 is 9.15 Å². The monoisotopic (exact) mass is 431 g/mol. The molecule has 0 bridgehead atoms. The molecule has 8 heteroatoms. The molecule has 162 valence electrons. The Labute approximate surface area is 184 Å². The summed E-state index contributed by atoms with van der Waals surface area (Å²) < 4.78 is 10.9. The quantitative estimate of drug-likeness (QED) is 0.302. The van der Waals surface area contributed by atoms with Crippen molar-refractivity contribution in [3.8, 4) is 17.1 Å². The summed E-state index contributed by atoms with van der Waals surface area (Å²) in [6.07, 6.45) is 2.51. The topological polar surface area (TPSA) is 98.2 Å². The van der Waals surface area contributed by atoms with E-state index in [1.54, 1.807) is 37.3 Å². The van der Waals surface area contributed by atoms with E-state index in [-0.39, 0.29) is 11.6 Å². The molecule has 0 spiro atoms. The lowest BCUT2D eigenvalue weighted by atomic mass is 10.1. The van der Waals surface area contributed by atoms with Gasteiger partial charge in [0.1, 0.15) is 17.3 Å². The fourth-order valence-corrected chi connectivity index (χ4v) is 3.45. The third-order valence-corrected chi connectivity index (χ3v) is 5.23. The number of hydrogen-bond acceptors (Lipinski definition) is 6. The van der Waals surface area contributed by atoms with Crippen LogP contribution in [0, 0.1) is 10.1 Å². The highest BCUT2D eigenvalue weighted by Crippen LogP contribution is 2.35. The van der Waals surface area contributed by atoms with Crippen LogP contribution in [0.5, 0.6) is 5.75 Å². The SMILES string of the molecule is CCc1ccc(N2N=C(C)/C(=C/c3ccc(-c4ccc(OC)cc4[N+](=O)[O-])o3)C2=O)cc1. The number of anilines is 1. The second kappa shape index (κ2) is 8.50. The number of nitro groups is 1. The first-order valence-electron chi connectivity index (χ1n) is 10.0. The van der Waals surface area contributed by atoms with E-state index in [0.717, 1.165) is 6.42 Å². The maximum atomic E-state index is 13.0. The number of hydrazone groups is 1. The Hall–Kier alpha value is -4.20. The standard InChI is InChI=1S/C24H21N3O5/c1-4-16-5-7-17(8-6-16)26-24(28)21(15(2)25-26)13-19-10-12-23(32-19)20-11-9-18(31-3)14-22(20)27(29)30/h5-14H,4H2,1-3H3/b21-13-. The van der Waals surface area contributed by atoms with Crippen LogP contribution in [0.25, 0.3) is 17.4 Å². The molecule has 1 aliphatic rings. The van der Waals surface area contributed by atoms with E-state index in [9.17, 15) is 14.9 Å². The van der Waals surface area contributed by atoms with Gasteiger partial charge in [-0.2, -0.15) is 10.1 Å². The van der Waals surface area contributed by atoms with Crippen molar-refractivity contribution in [3.05, 3.63) is 81.6 Å². The van der Waals surface area contributed by atoms with Gasteiger partial charge in [-0.25, -0.2) is 0 Å². The van der Waals surface area contributed by atoms with Crippen molar-refractivity contribution < 1.29 is 18.9 Å². The van der Waals surface area contributed by atoms with E-state index in [4.69, 9.17) is 9.15 Å². The van der Waals surface area contributed by atoms with Gasteiger partial charge in [0.2, 0.25) is 0 Å². The number of hydrogen-bond donors (Lipinski definition) is 0. The molecule has 0 saturated carbocycles. The van der Waals surface area contributed by atoms with Crippen LogP contribution in [-0.4, -0.2) is 23.7 Å². The lowest BCUT2D eigenvalue weighted by Gasteiger charge is -2.12. The van der Waals surface area contributed by atoms with Crippen LogP contribution in [0.2, 0.25) is 0 Å². The zero-order chi connectivity index (χ0) is 22.8. The molecule has 1 aromatic heterocycles. The number of carbonyl (C=O) groups excluding carboxylic acids is 1. The lowest BCUT2D eigenvalue weighted by Crippen LogP contribution is -2.21. The fourth-order valence-electron chi connectivity index (χ4n) is 3.45. The number of aryl methyl sites for hydroxylation is 1. The van der Waals surface area contributed by atoms with Gasteiger partial charge in [0, 0.05) is 0 Å². The molecule has 0 atom stereocenters. The molecular formula is C24H21N3O5. The third kappa shape index (κ3) is 3.90. The summed E-state index contributed by atoms with van der Waals surface area (Å²) in [5.41, 5.74) is 3.00. The van der Waals surface area contributed by atoms with Crippen molar-refractivity contribution in [1.29, 1.82) is 0 Å². The van der Waals surface area contributed by atoms with Crippen molar-refractivity contribution in [3.63, 3.8) is 0 Å². The van der Waals surface area contributed by atoms with Gasteiger partial charge in [-0.3, -0.25) is 14.9 Å². The van der Waals surface area contributed by atoms with E-state index in [0.29, 0.717) is 39.8 Å². The average molecular weight is 431 g/mol. The highest BCUT2D eigenvalue weighted by Gasteiger charge is 2.29. The normalized spacial score (nSPS) is 14.7. The van der Waals surface area contributed by atoms with Gasteiger partial charge >= 0.3 is 0 Å². The minimum atomic E-state index is -0.489. The number of rotatable bonds is 6. The minimum Gasteiger partial charge on any atom is -0.497 e. The molecule has 2 heterocycles. The van der Waals surface area contributed by atoms with Crippen molar-refractivity contribution >= 4 is 29.1 Å². The second-order valence-electron chi connectivity index (χ2n) is 7.22. The molecule has 1 aliphatic heterocycles. The maximum absolute atomic E-state index is 13.0. The Kier molecular flexibility index (Phi) is 5.59. The Morgan fingerprint density at radius 3 is 2.56 bits per heavy atom. The Morgan fingerprint density at radius 1 is 1.16 bits per heavy atom. The zero-order valence-corrected chi connectivity index (χ0v) is 17.9. The van der Waals surface area contributed by atoms with E-state index in [1.165, 1.54) is 23.7 Å². The van der Waals surface area contributed by atoms with Gasteiger partial charge in [-0.05, 0) is 61.4 Å².